The highest BCUT2D eigenvalue weighted by Crippen LogP contribution is 2.44. The van der Waals surface area contributed by atoms with Gasteiger partial charge in [0.25, 0.3) is 11.9 Å². The fourth-order valence-electron chi connectivity index (χ4n) is 3.60. The van der Waals surface area contributed by atoms with Crippen LogP contribution in [-0.2, 0) is 16.3 Å². The summed E-state index contributed by atoms with van der Waals surface area (Å²) >= 11 is 12.9. The van der Waals surface area contributed by atoms with E-state index in [-0.39, 0.29) is 33.1 Å². The van der Waals surface area contributed by atoms with Crippen LogP contribution in [0.15, 0.2) is 59.5 Å². The maximum Gasteiger partial charge on any atom is 0.573 e. The van der Waals surface area contributed by atoms with Crippen LogP contribution in [0.3, 0.4) is 0 Å². The van der Waals surface area contributed by atoms with E-state index in [1.54, 1.807) is 0 Å². The number of rotatable bonds is 7. The summed E-state index contributed by atoms with van der Waals surface area (Å²) in [5.41, 5.74) is -2.21. The third-order valence-corrected chi connectivity index (χ3v) is 7.61. The van der Waals surface area contributed by atoms with Gasteiger partial charge in [-0.1, -0.05) is 53.5 Å². The van der Waals surface area contributed by atoms with Crippen LogP contribution in [0.25, 0.3) is 22.2 Å². The van der Waals surface area contributed by atoms with E-state index >= 15 is 0 Å². The molecule has 0 fully saturated rings. The molecular weight excluding hydrogens is 569 g/mol. The Labute approximate surface area is 215 Å². The molecule has 3 aromatic carbocycles. The number of nitrogens with zero attached hydrogens (tertiary/aromatic N) is 1. The second kappa shape index (κ2) is 10.1. The number of halogens is 8. The van der Waals surface area contributed by atoms with E-state index in [4.69, 9.17) is 23.2 Å². The standard InChI is InChI=1S/C23H14Cl2F6N2O3S/c24-14-10-15-20(19(25)18(14)13-3-1-2-4-16(13)36-23(29,30)31)33-17(32-15)9-11-5-7-12(8-6-11)37(34,35)22(28)21(26)27/h1-8,10,21-22H,9H2,(H,32,33). The van der Waals surface area contributed by atoms with Gasteiger partial charge >= 0.3 is 6.36 Å². The maximum absolute atomic E-state index is 13.4. The summed E-state index contributed by atoms with van der Waals surface area (Å²) in [5.74, 6) is -0.178. The lowest BCUT2D eigenvalue weighted by atomic mass is 10.0. The zero-order valence-corrected chi connectivity index (χ0v) is 20.5. The van der Waals surface area contributed by atoms with Crippen molar-refractivity contribution in [3.05, 3.63) is 76.0 Å². The minimum absolute atomic E-state index is 0.00645. The fourth-order valence-corrected chi connectivity index (χ4v) is 5.35. The van der Waals surface area contributed by atoms with Gasteiger partial charge in [-0.2, -0.15) is 0 Å². The van der Waals surface area contributed by atoms with Crippen LogP contribution in [0, 0.1) is 0 Å². The van der Waals surface area contributed by atoms with Crippen LogP contribution in [0.1, 0.15) is 11.4 Å². The molecule has 1 N–H and O–H groups in total. The number of sulfone groups is 1. The Kier molecular flexibility index (Phi) is 7.37. The molecule has 0 spiro atoms. The second-order valence-corrected chi connectivity index (χ2v) is 10.5. The summed E-state index contributed by atoms with van der Waals surface area (Å²) < 4.78 is 105. The lowest BCUT2D eigenvalue weighted by Gasteiger charge is -2.15. The number of alkyl halides is 6. The van der Waals surface area contributed by atoms with E-state index in [2.05, 4.69) is 14.7 Å². The third-order valence-electron chi connectivity index (χ3n) is 5.22. The molecule has 0 aliphatic rings. The molecule has 1 atom stereocenters. The monoisotopic (exact) mass is 582 g/mol. The van der Waals surface area contributed by atoms with Crippen molar-refractivity contribution >= 4 is 44.1 Å². The summed E-state index contributed by atoms with van der Waals surface area (Å²) in [6.07, 6.45) is -8.54. The Balaban J connectivity index is 1.67. The predicted molar refractivity (Wildman–Crippen MR) is 126 cm³/mol. The van der Waals surface area contributed by atoms with Crippen molar-refractivity contribution in [3.63, 3.8) is 0 Å². The van der Waals surface area contributed by atoms with Gasteiger partial charge in [-0.3, -0.25) is 0 Å². The highest BCUT2D eigenvalue weighted by Gasteiger charge is 2.35. The summed E-state index contributed by atoms with van der Waals surface area (Å²) in [7, 11) is -4.86. The van der Waals surface area contributed by atoms with E-state index in [1.165, 1.54) is 36.4 Å². The molecule has 4 rings (SSSR count). The fraction of sp³-hybridized carbons (Fsp3) is 0.174. The molecule has 5 nitrogen and oxygen atoms in total. The van der Waals surface area contributed by atoms with Gasteiger partial charge in [0, 0.05) is 17.5 Å². The van der Waals surface area contributed by atoms with E-state index in [9.17, 15) is 34.8 Å². The predicted octanol–water partition coefficient (Wildman–Crippen LogP) is 7.36. The van der Waals surface area contributed by atoms with Crippen molar-refractivity contribution in [1.29, 1.82) is 0 Å². The average Bonchev–Trinajstić information content (AvgIpc) is 3.21. The summed E-state index contributed by atoms with van der Waals surface area (Å²) in [6, 6.07) is 11.4. The zero-order chi connectivity index (χ0) is 27.1. The van der Waals surface area contributed by atoms with Gasteiger partial charge in [0.2, 0.25) is 9.84 Å². The molecule has 14 heteroatoms. The third kappa shape index (κ3) is 5.65. The molecule has 0 saturated heterocycles. The molecule has 196 valence electrons. The molecule has 37 heavy (non-hydrogen) atoms. The lowest BCUT2D eigenvalue weighted by Crippen LogP contribution is -2.24. The van der Waals surface area contributed by atoms with Crippen molar-refractivity contribution in [3.8, 4) is 16.9 Å². The molecule has 0 bridgehead atoms. The lowest BCUT2D eigenvalue weighted by molar-refractivity contribution is -0.274. The molecule has 0 saturated carbocycles. The van der Waals surface area contributed by atoms with Crippen LogP contribution in [0.2, 0.25) is 10.0 Å². The largest absolute Gasteiger partial charge is 0.573 e. The molecule has 1 unspecified atom stereocenters. The highest BCUT2D eigenvalue weighted by atomic mass is 35.5. The number of para-hydroxylation sites is 1. The van der Waals surface area contributed by atoms with Gasteiger partial charge < -0.3 is 9.72 Å². The maximum atomic E-state index is 13.4. The Morgan fingerprint density at radius 3 is 2.27 bits per heavy atom. The number of hydrogen-bond acceptors (Lipinski definition) is 4. The van der Waals surface area contributed by atoms with Crippen LogP contribution < -0.4 is 4.74 Å². The number of fused-ring (bicyclic) bond motifs is 1. The summed E-state index contributed by atoms with van der Waals surface area (Å²) in [4.78, 5) is 6.74. The number of H-pyrrole nitrogens is 1. The molecule has 1 heterocycles. The SMILES string of the molecule is O=S(=O)(c1ccc(Cc2nc3c(Cl)c(-c4ccccc4OC(F)(F)F)c(Cl)cc3[nH]2)cc1)C(F)C(F)F. The normalized spacial score (nSPS) is 13.3. The van der Waals surface area contributed by atoms with Crippen LogP contribution in [-0.4, -0.2) is 36.7 Å². The van der Waals surface area contributed by atoms with Gasteiger partial charge in [-0.15, -0.1) is 13.2 Å². The average molecular weight is 583 g/mol. The first-order chi connectivity index (χ1) is 17.3. The van der Waals surface area contributed by atoms with Gasteiger partial charge in [0.1, 0.15) is 17.1 Å². The molecule has 4 aromatic rings. The summed E-state index contributed by atoms with van der Waals surface area (Å²) in [5, 5.41) is -0.00839. The molecular formula is C23H14Cl2F6N2O3S. The van der Waals surface area contributed by atoms with Crippen molar-refractivity contribution in [2.24, 2.45) is 0 Å². The van der Waals surface area contributed by atoms with Crippen LogP contribution in [0.5, 0.6) is 5.75 Å². The zero-order valence-electron chi connectivity index (χ0n) is 18.2. The van der Waals surface area contributed by atoms with E-state index < -0.39 is 38.8 Å². The van der Waals surface area contributed by atoms with Gasteiger partial charge in [-0.05, 0) is 29.8 Å². The minimum Gasteiger partial charge on any atom is -0.405 e. The Bertz CT molecular complexity index is 1560. The van der Waals surface area contributed by atoms with Crippen LogP contribution >= 0.6 is 23.2 Å². The first-order valence-electron chi connectivity index (χ1n) is 10.2. The van der Waals surface area contributed by atoms with Crippen molar-refractivity contribution in [2.45, 2.75) is 29.6 Å². The molecule has 0 radical (unpaired) electrons. The van der Waals surface area contributed by atoms with Crippen molar-refractivity contribution < 1.29 is 39.5 Å². The van der Waals surface area contributed by atoms with Crippen LogP contribution in [0.4, 0.5) is 26.3 Å². The number of hydrogen-bond donors (Lipinski definition) is 1. The minimum atomic E-state index is -4.95. The Hall–Kier alpha value is -2.96. The number of nitrogens with one attached hydrogen (secondary N) is 1. The summed E-state index contributed by atoms with van der Waals surface area (Å²) in [6.45, 7) is 0. The Morgan fingerprint density at radius 2 is 1.65 bits per heavy atom. The molecule has 0 amide bonds. The van der Waals surface area contributed by atoms with Gasteiger partial charge in [-0.25, -0.2) is 26.6 Å². The number of imidazole rings is 1. The van der Waals surface area contributed by atoms with Crippen molar-refractivity contribution in [2.75, 3.05) is 0 Å². The molecule has 0 aliphatic carbocycles. The molecule has 0 aliphatic heterocycles. The number of ether oxygens (including phenoxy) is 1. The van der Waals surface area contributed by atoms with E-state index in [1.807, 2.05) is 0 Å². The topological polar surface area (TPSA) is 72.1 Å². The Morgan fingerprint density at radius 1 is 1.00 bits per heavy atom. The smallest absolute Gasteiger partial charge is 0.405 e. The van der Waals surface area contributed by atoms with E-state index in [0.29, 0.717) is 16.9 Å². The quantitative estimate of drug-likeness (QED) is 0.231. The second-order valence-electron chi connectivity index (χ2n) is 7.72. The number of aromatic amines is 1. The van der Waals surface area contributed by atoms with Gasteiger partial charge in [0.15, 0.2) is 0 Å². The van der Waals surface area contributed by atoms with Gasteiger partial charge in [0.05, 0.1) is 20.5 Å². The number of benzene rings is 3. The first-order valence-corrected chi connectivity index (χ1v) is 12.5. The first kappa shape index (κ1) is 27.1. The van der Waals surface area contributed by atoms with Crippen molar-refractivity contribution in [1.82, 2.24) is 9.97 Å². The van der Waals surface area contributed by atoms with E-state index in [0.717, 1.165) is 18.2 Å². The molecule has 1 aromatic heterocycles. The highest BCUT2D eigenvalue weighted by molar-refractivity contribution is 7.92. The number of aromatic nitrogens is 2.